The van der Waals surface area contributed by atoms with Gasteiger partial charge >= 0.3 is 11.8 Å². The topological polar surface area (TPSA) is 78.5 Å². The third-order valence-corrected chi connectivity index (χ3v) is 3.46. The van der Waals surface area contributed by atoms with E-state index in [9.17, 15) is 14.4 Å². The van der Waals surface area contributed by atoms with Gasteiger partial charge in [-0.15, -0.1) is 0 Å². The van der Waals surface area contributed by atoms with Gasteiger partial charge in [0.2, 0.25) is 5.91 Å². The lowest BCUT2D eigenvalue weighted by atomic mass is 10.0. The molecule has 118 valence electrons. The molecule has 22 heavy (non-hydrogen) atoms. The van der Waals surface area contributed by atoms with Crippen LogP contribution in [0.25, 0.3) is 0 Å². The molecule has 1 aliphatic heterocycles. The molecule has 6 heteroatoms. The van der Waals surface area contributed by atoms with Gasteiger partial charge in [0, 0.05) is 30.9 Å². The van der Waals surface area contributed by atoms with E-state index in [-0.39, 0.29) is 11.9 Å². The van der Waals surface area contributed by atoms with Gasteiger partial charge in [0.25, 0.3) is 0 Å². The van der Waals surface area contributed by atoms with Gasteiger partial charge in [-0.25, -0.2) is 0 Å². The van der Waals surface area contributed by atoms with E-state index in [0.29, 0.717) is 12.2 Å². The van der Waals surface area contributed by atoms with Gasteiger partial charge in [-0.05, 0) is 50.5 Å². The smallest absolute Gasteiger partial charge is 0.313 e. The Bertz CT molecular complexity index is 611. The van der Waals surface area contributed by atoms with E-state index in [2.05, 4.69) is 10.6 Å². The van der Waals surface area contributed by atoms with E-state index >= 15 is 0 Å². The highest BCUT2D eigenvalue weighted by Gasteiger charge is 2.21. The monoisotopic (exact) mass is 303 g/mol. The van der Waals surface area contributed by atoms with Crippen LogP contribution >= 0.6 is 0 Å². The Morgan fingerprint density at radius 1 is 1.18 bits per heavy atom. The zero-order valence-corrected chi connectivity index (χ0v) is 13.1. The van der Waals surface area contributed by atoms with Crippen molar-refractivity contribution >= 4 is 29.1 Å². The number of carbonyl (C=O) groups is 3. The molecule has 0 fully saturated rings. The minimum absolute atomic E-state index is 0.00838. The molecule has 2 N–H and O–H groups in total. The van der Waals surface area contributed by atoms with E-state index in [4.69, 9.17) is 0 Å². The summed E-state index contributed by atoms with van der Waals surface area (Å²) in [7, 11) is 0. The standard InChI is InChI=1S/C16H21N3O3/c1-10(2)17-15(21)16(22)18-13-6-7-14-12(9-13)5-4-8-19(14)11(3)20/h6-7,9-10H,4-5,8H2,1-3H3,(H,17,21)(H,18,22). The minimum Gasteiger partial charge on any atom is -0.346 e. The number of aryl methyl sites for hydroxylation is 1. The molecule has 0 unspecified atom stereocenters. The molecular formula is C16H21N3O3. The van der Waals surface area contributed by atoms with Crippen molar-refractivity contribution in [2.24, 2.45) is 0 Å². The maximum atomic E-state index is 11.8. The SMILES string of the molecule is CC(=O)N1CCCc2cc(NC(=O)C(=O)NC(C)C)ccc21. The predicted octanol–water partition coefficient (Wildman–Crippen LogP) is 1.45. The van der Waals surface area contributed by atoms with E-state index in [0.717, 1.165) is 24.1 Å². The number of hydrogen-bond acceptors (Lipinski definition) is 3. The summed E-state index contributed by atoms with van der Waals surface area (Å²) in [6, 6.07) is 5.25. The Morgan fingerprint density at radius 2 is 1.91 bits per heavy atom. The van der Waals surface area contributed by atoms with Crippen LogP contribution in [0.1, 0.15) is 32.8 Å². The zero-order valence-electron chi connectivity index (χ0n) is 13.1. The van der Waals surface area contributed by atoms with Crippen molar-refractivity contribution in [1.82, 2.24) is 5.32 Å². The Morgan fingerprint density at radius 3 is 2.55 bits per heavy atom. The largest absolute Gasteiger partial charge is 0.346 e. The van der Waals surface area contributed by atoms with Crippen LogP contribution in [-0.2, 0) is 20.8 Å². The number of anilines is 2. The summed E-state index contributed by atoms with van der Waals surface area (Å²) in [5.74, 6) is -1.33. The third-order valence-electron chi connectivity index (χ3n) is 3.46. The Labute approximate surface area is 129 Å². The average molecular weight is 303 g/mol. The van der Waals surface area contributed by atoms with E-state index < -0.39 is 11.8 Å². The predicted molar refractivity (Wildman–Crippen MR) is 84.7 cm³/mol. The number of amides is 3. The highest BCUT2D eigenvalue weighted by Crippen LogP contribution is 2.29. The first kappa shape index (κ1) is 16.0. The maximum Gasteiger partial charge on any atom is 0.313 e. The maximum absolute atomic E-state index is 11.8. The molecule has 0 aliphatic carbocycles. The quantitative estimate of drug-likeness (QED) is 0.812. The van der Waals surface area contributed by atoms with Crippen molar-refractivity contribution in [2.75, 3.05) is 16.8 Å². The fourth-order valence-corrected chi connectivity index (χ4v) is 2.52. The number of nitrogens with zero attached hydrogens (tertiary/aromatic N) is 1. The average Bonchev–Trinajstić information content (AvgIpc) is 2.45. The fraction of sp³-hybridized carbons (Fsp3) is 0.438. The third kappa shape index (κ3) is 3.63. The lowest BCUT2D eigenvalue weighted by Gasteiger charge is -2.28. The molecule has 0 saturated heterocycles. The first-order valence-corrected chi connectivity index (χ1v) is 7.41. The molecule has 1 aromatic carbocycles. The molecule has 0 bridgehead atoms. The van der Waals surface area contributed by atoms with Crippen molar-refractivity contribution in [3.8, 4) is 0 Å². The normalized spacial score (nSPS) is 13.5. The van der Waals surface area contributed by atoms with E-state index in [1.807, 2.05) is 12.1 Å². The second-order valence-electron chi connectivity index (χ2n) is 5.70. The van der Waals surface area contributed by atoms with Crippen molar-refractivity contribution in [3.05, 3.63) is 23.8 Å². The Balaban J connectivity index is 2.13. The first-order chi connectivity index (χ1) is 10.4. The van der Waals surface area contributed by atoms with Gasteiger partial charge in [0.1, 0.15) is 0 Å². The molecule has 0 spiro atoms. The second-order valence-corrected chi connectivity index (χ2v) is 5.70. The summed E-state index contributed by atoms with van der Waals surface area (Å²) in [4.78, 5) is 36.8. The van der Waals surface area contributed by atoms with Gasteiger partial charge in [-0.2, -0.15) is 0 Å². The number of carbonyl (C=O) groups excluding carboxylic acids is 3. The van der Waals surface area contributed by atoms with Gasteiger partial charge in [-0.1, -0.05) is 0 Å². The zero-order chi connectivity index (χ0) is 16.3. The van der Waals surface area contributed by atoms with Crippen molar-refractivity contribution in [3.63, 3.8) is 0 Å². The molecular weight excluding hydrogens is 282 g/mol. The number of nitrogens with one attached hydrogen (secondary N) is 2. The van der Waals surface area contributed by atoms with Gasteiger partial charge < -0.3 is 15.5 Å². The van der Waals surface area contributed by atoms with Gasteiger partial charge in [0.15, 0.2) is 0 Å². The molecule has 6 nitrogen and oxygen atoms in total. The first-order valence-electron chi connectivity index (χ1n) is 7.41. The highest BCUT2D eigenvalue weighted by molar-refractivity contribution is 6.39. The van der Waals surface area contributed by atoms with Crippen molar-refractivity contribution in [1.29, 1.82) is 0 Å². The van der Waals surface area contributed by atoms with Crippen molar-refractivity contribution < 1.29 is 14.4 Å². The van der Waals surface area contributed by atoms with E-state index in [1.54, 1.807) is 31.7 Å². The molecule has 1 aliphatic rings. The molecule has 0 aromatic heterocycles. The number of benzene rings is 1. The van der Waals surface area contributed by atoms with Crippen LogP contribution in [0.15, 0.2) is 18.2 Å². The van der Waals surface area contributed by atoms with E-state index in [1.165, 1.54) is 0 Å². The molecule has 0 saturated carbocycles. The summed E-state index contributed by atoms with van der Waals surface area (Å²) in [5.41, 5.74) is 2.44. The van der Waals surface area contributed by atoms with Crippen molar-refractivity contribution in [2.45, 2.75) is 39.7 Å². The van der Waals surface area contributed by atoms with Crippen LogP contribution in [0.5, 0.6) is 0 Å². The van der Waals surface area contributed by atoms with Crippen LogP contribution < -0.4 is 15.5 Å². The summed E-state index contributed by atoms with van der Waals surface area (Å²) in [5, 5.41) is 5.13. The molecule has 1 heterocycles. The number of fused-ring (bicyclic) bond motifs is 1. The number of hydrogen-bond donors (Lipinski definition) is 2. The van der Waals surface area contributed by atoms with Crippen LogP contribution in [0.3, 0.4) is 0 Å². The molecule has 0 atom stereocenters. The molecule has 0 radical (unpaired) electrons. The summed E-state index contributed by atoms with van der Waals surface area (Å²) < 4.78 is 0. The van der Waals surface area contributed by atoms with Crippen LogP contribution in [0.4, 0.5) is 11.4 Å². The molecule has 3 amide bonds. The minimum atomic E-state index is -0.687. The van der Waals surface area contributed by atoms with Crippen LogP contribution in [0.2, 0.25) is 0 Å². The van der Waals surface area contributed by atoms with Crippen LogP contribution in [0, 0.1) is 0 Å². The summed E-state index contributed by atoms with van der Waals surface area (Å²) >= 11 is 0. The molecule has 2 rings (SSSR count). The van der Waals surface area contributed by atoms with Crippen LogP contribution in [-0.4, -0.2) is 30.3 Å². The Hall–Kier alpha value is -2.37. The lowest BCUT2D eigenvalue weighted by molar-refractivity contribution is -0.136. The van der Waals surface area contributed by atoms with Gasteiger partial charge in [0.05, 0.1) is 0 Å². The summed E-state index contributed by atoms with van der Waals surface area (Å²) in [6.07, 6.45) is 1.73. The molecule has 1 aromatic rings. The summed E-state index contributed by atoms with van der Waals surface area (Å²) in [6.45, 7) is 5.84. The van der Waals surface area contributed by atoms with Gasteiger partial charge in [-0.3, -0.25) is 14.4 Å². The Kier molecular flexibility index (Phi) is 4.80. The number of rotatable bonds is 2. The second kappa shape index (κ2) is 6.60. The highest BCUT2D eigenvalue weighted by atomic mass is 16.2. The fourth-order valence-electron chi connectivity index (χ4n) is 2.52. The lowest BCUT2D eigenvalue weighted by Crippen LogP contribution is -2.39.